The molecule has 1 amide bonds. The highest BCUT2D eigenvalue weighted by Crippen LogP contribution is 2.47. The molecule has 1 aromatic carbocycles. The van der Waals surface area contributed by atoms with Crippen molar-refractivity contribution in [1.82, 2.24) is 5.32 Å². The van der Waals surface area contributed by atoms with Gasteiger partial charge in [0.05, 0.1) is 7.11 Å². The molecule has 0 radical (unpaired) electrons. The van der Waals surface area contributed by atoms with Crippen LogP contribution < -0.4 is 14.8 Å². The molecule has 4 nitrogen and oxygen atoms in total. The summed E-state index contributed by atoms with van der Waals surface area (Å²) in [5.74, 6) is 1.51. The summed E-state index contributed by atoms with van der Waals surface area (Å²) in [5.41, 5.74) is 0.905. The van der Waals surface area contributed by atoms with E-state index in [9.17, 15) is 4.79 Å². The van der Waals surface area contributed by atoms with Crippen LogP contribution in [0.2, 0.25) is 0 Å². The van der Waals surface area contributed by atoms with Crippen molar-refractivity contribution in [2.45, 2.75) is 24.9 Å². The van der Waals surface area contributed by atoms with Crippen LogP contribution in [0.25, 0.3) is 0 Å². The second-order valence-corrected chi connectivity index (χ2v) is 4.82. The lowest BCUT2D eigenvalue weighted by Gasteiger charge is -2.33. The second kappa shape index (κ2) is 3.39. The van der Waals surface area contributed by atoms with Crippen molar-refractivity contribution in [2.75, 3.05) is 13.7 Å². The van der Waals surface area contributed by atoms with E-state index in [0.717, 1.165) is 23.5 Å². The van der Waals surface area contributed by atoms with E-state index in [1.54, 1.807) is 7.11 Å². The van der Waals surface area contributed by atoms with Crippen LogP contribution in [-0.4, -0.2) is 25.7 Å². The Morgan fingerprint density at radius 3 is 3.12 bits per heavy atom. The summed E-state index contributed by atoms with van der Waals surface area (Å²) in [6, 6.07) is 5.78. The summed E-state index contributed by atoms with van der Waals surface area (Å²) in [7, 11) is 1.62. The van der Waals surface area contributed by atoms with E-state index < -0.39 is 6.10 Å². The van der Waals surface area contributed by atoms with Crippen molar-refractivity contribution < 1.29 is 14.3 Å². The summed E-state index contributed by atoms with van der Waals surface area (Å²) in [5, 5.41) is 2.85. The zero-order valence-electron chi connectivity index (χ0n) is 9.95. The molecule has 0 aromatic heterocycles. The first-order chi connectivity index (χ1) is 8.15. The number of hydrogen-bond acceptors (Lipinski definition) is 3. The van der Waals surface area contributed by atoms with Crippen LogP contribution in [0.15, 0.2) is 18.2 Å². The van der Waals surface area contributed by atoms with Gasteiger partial charge < -0.3 is 14.8 Å². The van der Waals surface area contributed by atoms with Crippen molar-refractivity contribution in [3.8, 4) is 11.5 Å². The van der Waals surface area contributed by atoms with Gasteiger partial charge in [0.1, 0.15) is 11.5 Å². The highest BCUT2D eigenvalue weighted by Gasteiger charge is 2.51. The van der Waals surface area contributed by atoms with Gasteiger partial charge >= 0.3 is 0 Å². The van der Waals surface area contributed by atoms with E-state index >= 15 is 0 Å². The molecule has 2 unspecified atom stereocenters. The third kappa shape index (κ3) is 1.33. The van der Waals surface area contributed by atoms with Crippen LogP contribution in [0.5, 0.6) is 11.5 Å². The molecule has 0 bridgehead atoms. The van der Waals surface area contributed by atoms with Crippen LogP contribution >= 0.6 is 0 Å². The molecule has 2 heterocycles. The van der Waals surface area contributed by atoms with Gasteiger partial charge in [0.2, 0.25) is 0 Å². The van der Waals surface area contributed by atoms with Crippen molar-refractivity contribution in [3.63, 3.8) is 0 Å². The molecular weight excluding hydrogens is 218 g/mol. The summed E-state index contributed by atoms with van der Waals surface area (Å²) < 4.78 is 10.9. The molecule has 2 aliphatic heterocycles. The number of hydrogen-bond donors (Lipinski definition) is 1. The van der Waals surface area contributed by atoms with Crippen molar-refractivity contribution in [3.05, 3.63) is 23.8 Å². The molecule has 17 heavy (non-hydrogen) atoms. The van der Waals surface area contributed by atoms with Gasteiger partial charge in [-0.3, -0.25) is 4.79 Å². The number of carbonyl (C=O) groups excluding carboxylic acids is 1. The standard InChI is InChI=1S/C13H15NO3/c1-13-5-6-14-12(15)11(13)17-10-7-8(16-2)3-4-9(10)13/h3-4,7,11H,5-6H2,1-2H3,(H,14,15). The minimum absolute atomic E-state index is 0.0195. The summed E-state index contributed by atoms with van der Waals surface area (Å²) >= 11 is 0. The molecule has 0 aliphatic carbocycles. The van der Waals surface area contributed by atoms with Crippen LogP contribution in [0.3, 0.4) is 0 Å². The molecule has 1 saturated heterocycles. The van der Waals surface area contributed by atoms with Crippen molar-refractivity contribution in [1.29, 1.82) is 0 Å². The van der Waals surface area contributed by atoms with Gasteiger partial charge in [0.15, 0.2) is 6.10 Å². The normalized spacial score (nSPS) is 30.0. The number of ether oxygens (including phenoxy) is 2. The number of amides is 1. The van der Waals surface area contributed by atoms with Crippen LogP contribution in [0.1, 0.15) is 18.9 Å². The van der Waals surface area contributed by atoms with Gasteiger partial charge in [-0.1, -0.05) is 13.0 Å². The fourth-order valence-corrected chi connectivity index (χ4v) is 2.74. The summed E-state index contributed by atoms with van der Waals surface area (Å²) in [6.07, 6.45) is 0.501. The maximum absolute atomic E-state index is 11.8. The van der Waals surface area contributed by atoms with Gasteiger partial charge in [0, 0.05) is 23.6 Å². The topological polar surface area (TPSA) is 47.6 Å². The third-order valence-electron chi connectivity index (χ3n) is 3.81. The number of rotatable bonds is 1. The van der Waals surface area contributed by atoms with Gasteiger partial charge in [-0.05, 0) is 12.5 Å². The Balaban J connectivity index is 2.08. The molecule has 2 atom stereocenters. The lowest BCUT2D eigenvalue weighted by atomic mass is 9.74. The van der Waals surface area contributed by atoms with Gasteiger partial charge in [-0.15, -0.1) is 0 Å². The van der Waals surface area contributed by atoms with E-state index in [1.165, 1.54) is 0 Å². The fourth-order valence-electron chi connectivity index (χ4n) is 2.74. The minimum Gasteiger partial charge on any atom is -0.497 e. The van der Waals surface area contributed by atoms with E-state index in [-0.39, 0.29) is 11.3 Å². The average Bonchev–Trinajstić information content (AvgIpc) is 2.63. The Morgan fingerprint density at radius 1 is 1.53 bits per heavy atom. The van der Waals surface area contributed by atoms with E-state index in [0.29, 0.717) is 6.54 Å². The zero-order valence-corrected chi connectivity index (χ0v) is 9.95. The predicted molar refractivity (Wildman–Crippen MR) is 62.4 cm³/mol. The number of piperidine rings is 1. The lowest BCUT2D eigenvalue weighted by Crippen LogP contribution is -2.53. The number of fused-ring (bicyclic) bond motifs is 3. The highest BCUT2D eigenvalue weighted by molar-refractivity contribution is 5.85. The Kier molecular flexibility index (Phi) is 2.08. The average molecular weight is 233 g/mol. The molecule has 90 valence electrons. The zero-order chi connectivity index (χ0) is 12.0. The number of methoxy groups -OCH3 is 1. The summed E-state index contributed by atoms with van der Waals surface area (Å²) in [4.78, 5) is 11.8. The van der Waals surface area contributed by atoms with E-state index in [2.05, 4.69) is 12.2 Å². The number of benzene rings is 1. The molecule has 0 spiro atoms. The largest absolute Gasteiger partial charge is 0.497 e. The Hall–Kier alpha value is -1.71. The molecule has 1 N–H and O–H groups in total. The number of nitrogens with one attached hydrogen (secondary N) is 1. The molecule has 4 heteroatoms. The Bertz CT molecular complexity index is 486. The fraction of sp³-hybridized carbons (Fsp3) is 0.462. The van der Waals surface area contributed by atoms with Crippen molar-refractivity contribution >= 4 is 5.91 Å². The van der Waals surface area contributed by atoms with E-state index in [1.807, 2.05) is 18.2 Å². The second-order valence-electron chi connectivity index (χ2n) is 4.82. The van der Waals surface area contributed by atoms with Crippen LogP contribution in [-0.2, 0) is 10.2 Å². The lowest BCUT2D eigenvalue weighted by molar-refractivity contribution is -0.132. The quantitative estimate of drug-likeness (QED) is 0.793. The number of carbonyl (C=O) groups is 1. The molecule has 3 rings (SSSR count). The third-order valence-corrected chi connectivity index (χ3v) is 3.81. The monoisotopic (exact) mass is 233 g/mol. The first kappa shape index (κ1) is 10.4. The minimum atomic E-state index is -0.404. The van der Waals surface area contributed by atoms with Crippen molar-refractivity contribution in [2.24, 2.45) is 0 Å². The first-order valence-electron chi connectivity index (χ1n) is 5.78. The molecule has 2 aliphatic rings. The van der Waals surface area contributed by atoms with Gasteiger partial charge in [0.25, 0.3) is 5.91 Å². The maximum Gasteiger partial charge on any atom is 0.262 e. The van der Waals surface area contributed by atoms with Crippen LogP contribution in [0.4, 0.5) is 0 Å². The maximum atomic E-state index is 11.8. The molecule has 1 fully saturated rings. The molecular formula is C13H15NO3. The van der Waals surface area contributed by atoms with Gasteiger partial charge in [-0.2, -0.15) is 0 Å². The first-order valence-corrected chi connectivity index (χ1v) is 5.78. The van der Waals surface area contributed by atoms with E-state index in [4.69, 9.17) is 9.47 Å². The predicted octanol–water partition coefficient (Wildman–Crippen LogP) is 1.23. The Morgan fingerprint density at radius 2 is 2.35 bits per heavy atom. The van der Waals surface area contributed by atoms with Crippen LogP contribution in [0, 0.1) is 0 Å². The highest BCUT2D eigenvalue weighted by atomic mass is 16.5. The SMILES string of the molecule is COc1ccc2c(c1)OC1C(=O)NCCC21C. The molecule has 1 aromatic rings. The smallest absolute Gasteiger partial charge is 0.262 e. The van der Waals surface area contributed by atoms with Gasteiger partial charge in [-0.25, -0.2) is 0 Å². The molecule has 0 saturated carbocycles. The Labute approximate surface area is 99.9 Å². The summed E-state index contributed by atoms with van der Waals surface area (Å²) in [6.45, 7) is 2.80.